The van der Waals surface area contributed by atoms with Gasteiger partial charge in [-0.15, -0.1) is 11.3 Å². The van der Waals surface area contributed by atoms with Crippen molar-refractivity contribution in [2.75, 3.05) is 10.2 Å². The zero-order valence-corrected chi connectivity index (χ0v) is 16.2. The molecule has 0 radical (unpaired) electrons. The number of carbonyl (C=O) groups excluding carboxylic acids is 2. The average Bonchev–Trinajstić information content (AvgIpc) is 3.24. The Morgan fingerprint density at radius 1 is 0.963 bits per heavy atom. The first kappa shape index (κ1) is 17.6. The van der Waals surface area contributed by atoms with Crippen LogP contribution in [0.1, 0.15) is 4.88 Å². The van der Waals surface area contributed by atoms with Gasteiger partial charge in [0.05, 0.1) is 11.3 Å². The van der Waals surface area contributed by atoms with E-state index in [1.165, 1.54) is 29.5 Å². The number of nitrogens with zero attached hydrogens (tertiary/aromatic N) is 1. The molecular weight excluding hydrogens is 431 g/mol. The highest BCUT2D eigenvalue weighted by molar-refractivity contribution is 9.10. The molecule has 0 fully saturated rings. The summed E-state index contributed by atoms with van der Waals surface area (Å²) in [6.45, 7) is 0. The van der Waals surface area contributed by atoms with Crippen LogP contribution < -0.4 is 10.2 Å². The molecule has 3 aromatic rings. The second-order valence-electron chi connectivity index (χ2n) is 5.76. The number of hydrogen-bond donors (Lipinski definition) is 1. The van der Waals surface area contributed by atoms with Gasteiger partial charge in [0.25, 0.3) is 11.8 Å². The monoisotopic (exact) mass is 442 g/mol. The molecule has 0 unspecified atom stereocenters. The molecule has 2 heterocycles. The van der Waals surface area contributed by atoms with Gasteiger partial charge in [0.15, 0.2) is 0 Å². The molecule has 0 saturated carbocycles. The number of para-hydroxylation sites is 1. The lowest BCUT2D eigenvalue weighted by atomic mass is 10.2. The summed E-state index contributed by atoms with van der Waals surface area (Å²) >= 11 is 4.73. The van der Waals surface area contributed by atoms with Crippen LogP contribution in [0.3, 0.4) is 0 Å². The highest BCUT2D eigenvalue weighted by Gasteiger charge is 2.41. The Labute approximate surface area is 167 Å². The Bertz CT molecular complexity index is 1080. The molecule has 0 spiro atoms. The summed E-state index contributed by atoms with van der Waals surface area (Å²) in [5, 5.41) is 4.86. The minimum atomic E-state index is -0.631. The fourth-order valence-electron chi connectivity index (χ4n) is 2.86. The summed E-state index contributed by atoms with van der Waals surface area (Å²) in [7, 11) is 0. The van der Waals surface area contributed by atoms with Crippen molar-refractivity contribution in [2.24, 2.45) is 0 Å². The van der Waals surface area contributed by atoms with Crippen molar-refractivity contribution in [1.29, 1.82) is 0 Å². The third-order valence-electron chi connectivity index (χ3n) is 4.04. The number of thiophene rings is 1. The second kappa shape index (κ2) is 7.09. The van der Waals surface area contributed by atoms with Crippen LogP contribution in [0.15, 0.2) is 76.2 Å². The van der Waals surface area contributed by atoms with Crippen LogP contribution in [0, 0.1) is 5.82 Å². The third kappa shape index (κ3) is 3.20. The minimum absolute atomic E-state index is 0.0624. The number of halogens is 2. The van der Waals surface area contributed by atoms with E-state index in [0.717, 1.165) is 9.37 Å². The standard InChI is InChI=1S/C20H12BrFN2O2S/c21-12-5-3-6-13(11-12)23-18-17(16-9-4-10-27-16)19(25)24(20(18)26)15-8-2-1-7-14(15)22/h1-11,23H. The quantitative estimate of drug-likeness (QED) is 0.575. The Morgan fingerprint density at radius 3 is 2.48 bits per heavy atom. The molecule has 27 heavy (non-hydrogen) atoms. The maximum absolute atomic E-state index is 14.3. The smallest absolute Gasteiger partial charge is 0.282 e. The van der Waals surface area contributed by atoms with Gasteiger partial charge < -0.3 is 5.32 Å². The predicted molar refractivity (Wildman–Crippen MR) is 108 cm³/mol. The molecule has 7 heteroatoms. The third-order valence-corrected chi connectivity index (χ3v) is 5.42. The van der Waals surface area contributed by atoms with Crippen LogP contribution in [0.25, 0.3) is 5.57 Å². The first-order chi connectivity index (χ1) is 13.1. The van der Waals surface area contributed by atoms with Crippen molar-refractivity contribution in [2.45, 2.75) is 0 Å². The Balaban J connectivity index is 1.82. The van der Waals surface area contributed by atoms with Crippen molar-refractivity contribution in [3.8, 4) is 0 Å². The van der Waals surface area contributed by atoms with Crippen LogP contribution in [0.2, 0.25) is 0 Å². The molecular formula is C20H12BrFN2O2S. The summed E-state index contributed by atoms with van der Waals surface area (Å²) in [6.07, 6.45) is 0. The Morgan fingerprint density at radius 2 is 1.78 bits per heavy atom. The maximum Gasteiger partial charge on any atom is 0.282 e. The van der Waals surface area contributed by atoms with Crippen LogP contribution in [-0.2, 0) is 9.59 Å². The number of anilines is 2. The Hall–Kier alpha value is -2.77. The van der Waals surface area contributed by atoms with Gasteiger partial charge in [0, 0.05) is 15.0 Å². The number of rotatable bonds is 4. The normalized spacial score (nSPS) is 14.2. The average molecular weight is 443 g/mol. The minimum Gasteiger partial charge on any atom is -0.350 e. The van der Waals surface area contributed by atoms with E-state index in [1.807, 2.05) is 17.5 Å². The van der Waals surface area contributed by atoms with E-state index in [4.69, 9.17) is 0 Å². The zero-order chi connectivity index (χ0) is 19.0. The first-order valence-electron chi connectivity index (χ1n) is 8.00. The lowest BCUT2D eigenvalue weighted by Crippen LogP contribution is -2.33. The van der Waals surface area contributed by atoms with Crippen molar-refractivity contribution < 1.29 is 14.0 Å². The highest BCUT2D eigenvalue weighted by atomic mass is 79.9. The first-order valence-corrected chi connectivity index (χ1v) is 9.67. The summed E-state index contributed by atoms with van der Waals surface area (Å²) in [4.78, 5) is 27.7. The van der Waals surface area contributed by atoms with Gasteiger partial charge in [-0.3, -0.25) is 9.59 Å². The SMILES string of the molecule is O=C1C(Nc2cccc(Br)c2)=C(c2cccs2)C(=O)N1c1ccccc1F. The van der Waals surface area contributed by atoms with Gasteiger partial charge in [-0.05, 0) is 41.8 Å². The van der Waals surface area contributed by atoms with Crippen LogP contribution in [0.5, 0.6) is 0 Å². The summed E-state index contributed by atoms with van der Waals surface area (Å²) in [5.74, 6) is -1.77. The molecule has 0 saturated heterocycles. The number of amides is 2. The zero-order valence-electron chi connectivity index (χ0n) is 13.8. The lowest BCUT2D eigenvalue weighted by Gasteiger charge is -2.16. The molecule has 2 amide bonds. The Kier molecular flexibility index (Phi) is 4.63. The summed E-state index contributed by atoms with van der Waals surface area (Å²) < 4.78 is 15.1. The van der Waals surface area contributed by atoms with Crippen molar-refractivity contribution >= 4 is 56.0 Å². The van der Waals surface area contributed by atoms with E-state index in [2.05, 4.69) is 21.2 Å². The number of hydrogen-bond acceptors (Lipinski definition) is 4. The van der Waals surface area contributed by atoms with E-state index >= 15 is 0 Å². The van der Waals surface area contributed by atoms with E-state index in [9.17, 15) is 14.0 Å². The maximum atomic E-state index is 14.3. The molecule has 1 N–H and O–H groups in total. The second-order valence-corrected chi connectivity index (χ2v) is 7.62. The molecule has 4 nitrogen and oxygen atoms in total. The molecule has 0 aliphatic carbocycles. The topological polar surface area (TPSA) is 49.4 Å². The largest absolute Gasteiger partial charge is 0.350 e. The van der Waals surface area contributed by atoms with Gasteiger partial charge in [0.1, 0.15) is 11.5 Å². The number of imide groups is 1. The van der Waals surface area contributed by atoms with Gasteiger partial charge >= 0.3 is 0 Å². The predicted octanol–water partition coefficient (Wildman–Crippen LogP) is 5.05. The van der Waals surface area contributed by atoms with Crippen molar-refractivity contribution in [1.82, 2.24) is 0 Å². The molecule has 2 aromatic carbocycles. The number of carbonyl (C=O) groups is 2. The molecule has 1 aromatic heterocycles. The fourth-order valence-corrected chi connectivity index (χ4v) is 4.02. The van der Waals surface area contributed by atoms with Crippen LogP contribution in [0.4, 0.5) is 15.8 Å². The fraction of sp³-hybridized carbons (Fsp3) is 0. The highest BCUT2D eigenvalue weighted by Crippen LogP contribution is 2.36. The van der Waals surface area contributed by atoms with Crippen molar-refractivity contribution in [3.05, 3.63) is 86.9 Å². The summed E-state index contributed by atoms with van der Waals surface area (Å²) in [5.41, 5.74) is 0.944. The van der Waals surface area contributed by atoms with Crippen molar-refractivity contribution in [3.63, 3.8) is 0 Å². The van der Waals surface area contributed by atoms with E-state index < -0.39 is 17.6 Å². The van der Waals surface area contributed by atoms with Gasteiger partial charge in [0.2, 0.25) is 0 Å². The van der Waals surface area contributed by atoms with Gasteiger partial charge in [-0.1, -0.05) is 40.2 Å². The number of nitrogens with one attached hydrogen (secondary N) is 1. The molecule has 1 aliphatic heterocycles. The number of benzene rings is 2. The van der Waals surface area contributed by atoms with Gasteiger partial charge in [-0.2, -0.15) is 0 Å². The van der Waals surface area contributed by atoms with E-state index in [-0.39, 0.29) is 17.0 Å². The lowest BCUT2D eigenvalue weighted by molar-refractivity contribution is -0.120. The molecule has 134 valence electrons. The summed E-state index contributed by atoms with van der Waals surface area (Å²) in [6, 6.07) is 16.5. The molecule has 1 aliphatic rings. The molecule has 4 rings (SSSR count). The molecule has 0 atom stereocenters. The van der Waals surface area contributed by atoms with Crippen LogP contribution >= 0.6 is 27.3 Å². The van der Waals surface area contributed by atoms with Crippen LogP contribution in [-0.4, -0.2) is 11.8 Å². The van der Waals surface area contributed by atoms with Gasteiger partial charge in [-0.25, -0.2) is 9.29 Å². The van der Waals surface area contributed by atoms with E-state index in [1.54, 1.807) is 30.3 Å². The van der Waals surface area contributed by atoms with E-state index in [0.29, 0.717) is 10.6 Å². The molecule has 0 bridgehead atoms.